The summed E-state index contributed by atoms with van der Waals surface area (Å²) in [6, 6.07) is 10.4. The zero-order chi connectivity index (χ0) is 29.4. The van der Waals surface area contributed by atoms with Gasteiger partial charge in [-0.1, -0.05) is 12.1 Å². The molecule has 0 saturated heterocycles. The predicted molar refractivity (Wildman–Crippen MR) is 151 cm³/mol. The Morgan fingerprint density at radius 1 is 0.951 bits per heavy atom. The minimum absolute atomic E-state index is 0.126. The van der Waals surface area contributed by atoms with E-state index < -0.39 is 28.7 Å². The zero-order valence-electron chi connectivity index (χ0n) is 22.5. The molecule has 0 fully saturated rings. The zero-order valence-corrected chi connectivity index (χ0v) is 22.5. The van der Waals surface area contributed by atoms with Crippen LogP contribution in [0.3, 0.4) is 0 Å². The van der Waals surface area contributed by atoms with E-state index in [0.717, 1.165) is 22.3 Å². The van der Waals surface area contributed by atoms with Crippen LogP contribution in [0.15, 0.2) is 82.9 Å². The second kappa shape index (κ2) is 10.8. The molecule has 2 N–H and O–H groups in total. The lowest BCUT2D eigenvalue weighted by molar-refractivity contribution is 0.0990. The Balaban J connectivity index is 1.49. The lowest BCUT2D eigenvalue weighted by Crippen LogP contribution is -2.42. The van der Waals surface area contributed by atoms with E-state index in [1.807, 2.05) is 0 Å². The van der Waals surface area contributed by atoms with E-state index in [4.69, 9.17) is 5.73 Å². The fourth-order valence-corrected chi connectivity index (χ4v) is 4.54. The Hall–Kier alpha value is -5.19. The molecule has 11 heteroatoms. The number of anilines is 1. The first-order chi connectivity index (χ1) is 19.5. The van der Waals surface area contributed by atoms with E-state index in [-0.39, 0.29) is 35.1 Å². The highest BCUT2D eigenvalue weighted by Crippen LogP contribution is 2.31. The maximum absolute atomic E-state index is 15.4. The highest BCUT2D eigenvalue weighted by molar-refractivity contribution is 5.97. The fourth-order valence-electron chi connectivity index (χ4n) is 4.54. The topological polar surface area (TPSA) is 118 Å². The molecule has 208 valence electrons. The standard InChI is InChI=1S/C30H26F2N6O3/c1-17(2)37-16-25(29(40)38(30(37)41)22-7-5-21(31)6-8-22)27(39)11-18-4-9-23(26(32)10-18)24-12-19(13-34-28(24)33)20-14-35-36(3)15-20/h4-10,12-17H,11H2,1-3H3,(H2,33,34). The summed E-state index contributed by atoms with van der Waals surface area (Å²) < 4.78 is 32.6. The third kappa shape index (κ3) is 5.33. The quantitative estimate of drug-likeness (QED) is 0.298. The van der Waals surface area contributed by atoms with Crippen LogP contribution < -0.4 is 17.0 Å². The van der Waals surface area contributed by atoms with Crippen LogP contribution in [-0.4, -0.2) is 29.7 Å². The van der Waals surface area contributed by atoms with Gasteiger partial charge in [0.1, 0.15) is 23.0 Å². The van der Waals surface area contributed by atoms with Gasteiger partial charge in [0.15, 0.2) is 5.78 Å². The van der Waals surface area contributed by atoms with Gasteiger partial charge < -0.3 is 5.73 Å². The Morgan fingerprint density at radius 2 is 1.68 bits per heavy atom. The van der Waals surface area contributed by atoms with E-state index in [1.165, 1.54) is 35.0 Å². The van der Waals surface area contributed by atoms with Crippen molar-refractivity contribution in [3.05, 3.63) is 117 Å². The molecule has 9 nitrogen and oxygen atoms in total. The smallest absolute Gasteiger partial charge is 0.335 e. The third-order valence-corrected chi connectivity index (χ3v) is 6.70. The van der Waals surface area contributed by atoms with Crippen LogP contribution in [-0.2, 0) is 13.5 Å². The lowest BCUT2D eigenvalue weighted by Gasteiger charge is -2.15. The molecule has 0 aliphatic heterocycles. The molecule has 2 aromatic carbocycles. The van der Waals surface area contributed by atoms with E-state index in [9.17, 15) is 18.8 Å². The predicted octanol–water partition coefficient (Wildman–Crippen LogP) is 4.33. The number of hydrogen-bond donors (Lipinski definition) is 1. The van der Waals surface area contributed by atoms with Crippen LogP contribution in [0.2, 0.25) is 0 Å². The van der Waals surface area contributed by atoms with Crippen molar-refractivity contribution in [2.24, 2.45) is 7.05 Å². The Bertz CT molecular complexity index is 1910. The number of pyridine rings is 1. The number of aryl methyl sites for hydroxylation is 1. The first-order valence-electron chi connectivity index (χ1n) is 12.7. The largest absolute Gasteiger partial charge is 0.383 e. The van der Waals surface area contributed by atoms with Crippen LogP contribution in [0.25, 0.3) is 27.9 Å². The van der Waals surface area contributed by atoms with E-state index in [2.05, 4.69) is 10.1 Å². The van der Waals surface area contributed by atoms with Crippen molar-refractivity contribution in [1.82, 2.24) is 23.9 Å². The first kappa shape index (κ1) is 27.4. The van der Waals surface area contributed by atoms with Gasteiger partial charge in [-0.2, -0.15) is 5.10 Å². The molecule has 0 saturated carbocycles. The molecular formula is C30H26F2N6O3. The van der Waals surface area contributed by atoms with E-state index >= 15 is 4.39 Å². The highest BCUT2D eigenvalue weighted by atomic mass is 19.1. The molecule has 0 radical (unpaired) electrons. The average Bonchev–Trinajstić information content (AvgIpc) is 3.36. The van der Waals surface area contributed by atoms with Crippen molar-refractivity contribution in [2.45, 2.75) is 26.3 Å². The van der Waals surface area contributed by atoms with Crippen LogP contribution in [0.4, 0.5) is 14.6 Å². The normalized spacial score (nSPS) is 11.3. The second-order valence-corrected chi connectivity index (χ2v) is 9.92. The Labute approximate surface area is 233 Å². The molecule has 0 aliphatic carbocycles. The summed E-state index contributed by atoms with van der Waals surface area (Å²) in [6.45, 7) is 3.46. The molecule has 5 rings (SSSR count). The summed E-state index contributed by atoms with van der Waals surface area (Å²) in [5.74, 6) is -1.63. The minimum Gasteiger partial charge on any atom is -0.383 e. The fraction of sp³-hybridized carbons (Fsp3) is 0.167. The van der Waals surface area contributed by atoms with Crippen LogP contribution in [0.5, 0.6) is 0 Å². The number of carbonyl (C=O) groups is 1. The summed E-state index contributed by atoms with van der Waals surface area (Å²) >= 11 is 0. The summed E-state index contributed by atoms with van der Waals surface area (Å²) in [7, 11) is 1.78. The number of halogens is 2. The summed E-state index contributed by atoms with van der Waals surface area (Å²) in [4.78, 5) is 43.9. The van der Waals surface area contributed by atoms with Gasteiger partial charge in [0.05, 0.1) is 11.9 Å². The maximum Gasteiger partial charge on any atom is 0.335 e. The monoisotopic (exact) mass is 556 g/mol. The van der Waals surface area contributed by atoms with Crippen molar-refractivity contribution in [3.8, 4) is 27.9 Å². The third-order valence-electron chi connectivity index (χ3n) is 6.70. The van der Waals surface area contributed by atoms with Crippen molar-refractivity contribution < 1.29 is 13.6 Å². The van der Waals surface area contributed by atoms with Crippen molar-refractivity contribution in [3.63, 3.8) is 0 Å². The molecule has 5 aromatic rings. The number of aromatic nitrogens is 5. The molecule has 0 bridgehead atoms. The second-order valence-electron chi connectivity index (χ2n) is 9.92. The van der Waals surface area contributed by atoms with E-state index in [1.54, 1.807) is 56.3 Å². The molecule has 0 atom stereocenters. The van der Waals surface area contributed by atoms with Gasteiger partial charge in [-0.25, -0.2) is 23.1 Å². The number of rotatable bonds is 7. The van der Waals surface area contributed by atoms with Crippen LogP contribution in [0.1, 0.15) is 35.8 Å². The Morgan fingerprint density at radius 3 is 2.32 bits per heavy atom. The molecule has 0 amide bonds. The number of Topliss-reactive ketones (excluding diaryl/α,β-unsaturated/α-hetero) is 1. The van der Waals surface area contributed by atoms with Gasteiger partial charge in [-0.05, 0) is 55.8 Å². The van der Waals surface area contributed by atoms with E-state index in [0.29, 0.717) is 16.7 Å². The average molecular weight is 557 g/mol. The van der Waals surface area contributed by atoms with Crippen molar-refractivity contribution in [2.75, 3.05) is 5.73 Å². The number of benzene rings is 2. The molecule has 3 heterocycles. The molecular weight excluding hydrogens is 530 g/mol. The van der Waals surface area contributed by atoms with Gasteiger partial charge in [0.2, 0.25) is 0 Å². The van der Waals surface area contributed by atoms with Crippen molar-refractivity contribution >= 4 is 11.6 Å². The van der Waals surface area contributed by atoms with Gasteiger partial charge in [0, 0.05) is 60.4 Å². The summed E-state index contributed by atoms with van der Waals surface area (Å²) in [6.07, 6.45) is 5.97. The van der Waals surface area contributed by atoms with Crippen LogP contribution >= 0.6 is 0 Å². The minimum atomic E-state index is -0.841. The van der Waals surface area contributed by atoms with Gasteiger partial charge in [-0.15, -0.1) is 0 Å². The maximum atomic E-state index is 15.4. The number of hydrogen-bond acceptors (Lipinski definition) is 6. The molecule has 0 unspecified atom stereocenters. The van der Waals surface area contributed by atoms with Gasteiger partial charge in [-0.3, -0.25) is 18.8 Å². The summed E-state index contributed by atoms with van der Waals surface area (Å²) in [5.41, 5.74) is 6.84. The van der Waals surface area contributed by atoms with Gasteiger partial charge in [0.25, 0.3) is 5.56 Å². The van der Waals surface area contributed by atoms with Crippen molar-refractivity contribution in [1.29, 1.82) is 0 Å². The number of carbonyl (C=O) groups excluding carboxylic acids is 1. The number of nitrogens with two attached hydrogens (primary N) is 1. The number of nitrogens with zero attached hydrogens (tertiary/aromatic N) is 5. The highest BCUT2D eigenvalue weighted by Gasteiger charge is 2.21. The molecule has 0 aliphatic rings. The molecule has 3 aromatic heterocycles. The SMILES string of the molecule is CC(C)n1cc(C(=O)Cc2ccc(-c3cc(-c4cnn(C)c4)cnc3N)c(F)c2)c(=O)n(-c2ccc(F)cc2)c1=O. The number of ketones is 1. The van der Waals surface area contributed by atoms with Gasteiger partial charge >= 0.3 is 5.69 Å². The molecule has 41 heavy (non-hydrogen) atoms. The lowest BCUT2D eigenvalue weighted by atomic mass is 9.98. The summed E-state index contributed by atoms with van der Waals surface area (Å²) in [5, 5.41) is 4.15. The first-order valence-corrected chi connectivity index (χ1v) is 12.7. The molecule has 0 spiro atoms. The number of nitrogen functional groups attached to an aromatic ring is 1. The van der Waals surface area contributed by atoms with Crippen LogP contribution in [0, 0.1) is 11.6 Å². The Kier molecular flexibility index (Phi) is 7.19.